The fraction of sp³-hybridized carbons (Fsp3) is 0.875. The zero-order valence-corrected chi connectivity index (χ0v) is 76.9. The molecule has 141 heavy (non-hydrogen) atoms. The van der Waals surface area contributed by atoms with Gasteiger partial charge in [-0.2, -0.15) is 120 Å². The molecule has 0 amide bonds. The number of carboxylic acid groups (broad SMARTS) is 4. The van der Waals surface area contributed by atoms with Gasteiger partial charge in [0, 0.05) is 0 Å². The number of rotatable bonds is 46. The fourth-order valence-corrected chi connectivity index (χ4v) is 19.5. The van der Waals surface area contributed by atoms with Crippen LogP contribution in [0.1, 0.15) is 0 Å². The summed E-state index contributed by atoms with van der Waals surface area (Å²) in [7, 11) is -73.4. The molecule has 81 nitrogen and oxygen atoms in total. The molecule has 0 aromatic heterocycles. The molecule has 8 heterocycles. The van der Waals surface area contributed by atoms with Crippen molar-refractivity contribution in [3.8, 4) is 0 Å². The molecule has 8 rings (SSSR count). The summed E-state index contributed by atoms with van der Waals surface area (Å²) in [4.78, 5) is 51.9. The number of ether oxygens (including phenoxy) is 15. The molecule has 0 bridgehead atoms. The summed E-state index contributed by atoms with van der Waals surface area (Å²) in [6, 6.07) is -12.5. The van der Waals surface area contributed by atoms with E-state index in [1.807, 2.05) is 0 Å². The molecule has 8 aliphatic heterocycles. The Bertz CT molecular complexity index is 5980. The average molecular weight is 2330 g/mol. The fourth-order valence-electron chi connectivity index (χ4n) is 13.9. The monoisotopic (exact) mass is 2320 g/mol. The minimum absolute atomic E-state index is 1.04. The zero-order valence-electron chi connectivity index (χ0n) is 67.1. The van der Waals surface area contributed by atoms with Crippen molar-refractivity contribution in [1.82, 2.24) is 18.9 Å². The quantitative estimate of drug-likeness (QED) is 0.0252. The van der Waals surface area contributed by atoms with Gasteiger partial charge >= 0.3 is 148 Å². The van der Waals surface area contributed by atoms with Crippen LogP contribution in [0.5, 0.6) is 0 Å². The first-order valence-electron chi connectivity index (χ1n) is 36.2. The van der Waals surface area contributed by atoms with Crippen molar-refractivity contribution in [2.75, 3.05) is 26.4 Å². The van der Waals surface area contributed by atoms with Gasteiger partial charge in [0.1, 0.15) is 140 Å². The predicted molar refractivity (Wildman–Crippen MR) is 400 cm³/mol. The van der Waals surface area contributed by atoms with Gasteiger partial charge in [0.25, 0.3) is 0 Å². The van der Waals surface area contributed by atoms with Crippen molar-refractivity contribution in [1.29, 1.82) is 0 Å². The van der Waals surface area contributed by atoms with Gasteiger partial charge in [-0.15, -0.1) is 0 Å². The van der Waals surface area contributed by atoms with Crippen LogP contribution in [0.4, 0.5) is 0 Å². The van der Waals surface area contributed by atoms with Crippen LogP contribution in [0.15, 0.2) is 11.5 Å². The number of aliphatic hydroxyl groups excluding tert-OH is 10. The minimum atomic E-state index is -6.53. The Morgan fingerprint density at radius 2 is 0.482 bits per heavy atom. The summed E-state index contributed by atoms with van der Waals surface area (Å²) in [6.07, 6.45) is -111. The van der Waals surface area contributed by atoms with Crippen molar-refractivity contribution < 1.29 is 351 Å². The molecular weight excluding hydrogens is 2250 g/mol. The molecule has 8 aliphatic rings. The second-order valence-electron chi connectivity index (χ2n) is 28.9. The Labute approximate surface area is 784 Å². The molecule has 0 saturated carbocycles. The number of carboxylic acids is 4. The van der Waals surface area contributed by atoms with E-state index in [-0.39, 0.29) is 0 Å². The predicted octanol–water partition coefficient (Wildman–Crippen LogP) is -20.8. The van der Waals surface area contributed by atoms with E-state index >= 15 is 0 Å². The highest BCUT2D eigenvalue weighted by Gasteiger charge is 2.65. The minimum Gasteiger partial charge on any atom is -0.506 e. The van der Waals surface area contributed by atoms with Crippen LogP contribution in [0.3, 0.4) is 0 Å². The third-order valence-electron chi connectivity index (χ3n) is 19.2. The highest BCUT2D eigenvalue weighted by atomic mass is 32.3. The summed E-state index contributed by atoms with van der Waals surface area (Å²) in [6.45, 7) is -8.02. The molecule has 0 radical (unpaired) electrons. The number of aliphatic carboxylic acids is 4. The van der Waals surface area contributed by atoms with Crippen molar-refractivity contribution in [2.45, 2.75) is 233 Å². The molecule has 0 spiro atoms. The van der Waals surface area contributed by atoms with Gasteiger partial charge in [-0.05, 0) is 0 Å². The number of hydrogen-bond donors (Lipinski definition) is 30. The van der Waals surface area contributed by atoms with E-state index in [4.69, 9.17) is 71.1 Å². The van der Waals surface area contributed by atoms with E-state index in [0.717, 1.165) is 18.9 Å². The lowest BCUT2D eigenvalue weighted by Gasteiger charge is -2.50. The SMILES string of the molecule is O=C(O)C1=C(O)[C@H](O)[C@@H](OS(=O)(=O)O)[C@H](O[C@H]2[C@H](O)[C@@H](NS(=O)(=O)O)[C@@H](O[C@H]3[C@H](O)[C@@H](OS(=O)(=O)O)[C@H](O[C@H]4[C@H](O)[C@@H](NS(=O)(=O)O)[C@@H](O[C@H]5[C@H](O)[C@@H](OS(=O)(=O)O)[C@H](O[C@H]6[C@H](O)[C@@H](NS(=O)(=O)O)[C@@H](O[C@H]7[C@H](O)[C@@H](OS(=O)(=O)O)[C@H](O[C@H]8[C@H](O)[C@@H](NS(=O)(=O)O)[C@@H](O)O[C@@H]8COS(=O)(=O)O)O[C@H]7C(=O)O)O[C@@H]6COS(=O)(=O)O)O[C@H]5C(=O)O)O[C@@H]4COS(=O)(=O)O)O[C@H]3C(=O)O)O[C@@H]2COS(=O)(=O)O)O1. The van der Waals surface area contributed by atoms with Crippen molar-refractivity contribution in [3.63, 3.8) is 0 Å². The van der Waals surface area contributed by atoms with E-state index in [1.54, 1.807) is 0 Å². The van der Waals surface area contributed by atoms with Crippen LogP contribution >= 0.6 is 0 Å². The Morgan fingerprint density at radius 3 is 0.709 bits per heavy atom. The van der Waals surface area contributed by atoms with Gasteiger partial charge in [-0.3, -0.25) is 54.6 Å². The zero-order chi connectivity index (χ0) is 107. The van der Waals surface area contributed by atoms with E-state index < -0.39 is 419 Å². The normalized spacial score (nSPS) is 38.4. The van der Waals surface area contributed by atoms with Crippen LogP contribution in [0.2, 0.25) is 0 Å². The lowest BCUT2D eigenvalue weighted by molar-refractivity contribution is -0.378. The maximum Gasteiger partial charge on any atom is 0.397 e. The number of aliphatic hydroxyl groups is 10. The Hall–Kier alpha value is -5.26. The maximum absolute atomic E-state index is 13.5. The molecule has 30 N–H and O–H groups in total. The number of nitrogens with one attached hydrogen (secondary N) is 4. The van der Waals surface area contributed by atoms with E-state index in [1.165, 1.54) is 0 Å². The standard InChI is InChI=1S/C48H76N4O77S12/c53-13-9(49-130(71,72)73)41(70)111-5(1-107-134(83,84)85)22(13)115-46-31(127-139(98,99)100)19(59)26(34(123-46)38(64)65)119-43-11(51-132(77,78)79)15(55)24(7(113-43)3-109-136(89,90)91)117-48-33(129-141(104,105)106)21(61)28(36(125-48)40(68)69)121-44-12(52-133(80,81)82)16(56)25(8(114-44)4-110-137(92,93)94)118-47-32(128-140(101,102)103)20(60)27(35(124-47)39(66)67)120-42-10(50-131(74,75)76)14(54)23(6(112-42)2-108-135(86,87)88)116-45-30(126-138(95,96)97)18(58)17(57)29(122-45)37(62)63/h5-16,18-28,30-36,41-61,70H,1-4H2,(H,62,63)(H,64,65)(H,66,67)(H,68,69)(H,71,72,73)(H,74,75,76)(H,77,78,79)(H,80,81,82)(H,83,84,85)(H,86,87,88)(H,89,90,91)(H,92,93,94)(H,95,96,97)(H,98,99,100)(H,101,102,103)(H,104,105,106)/t5-,6-,7-,8-,9-,10-,11-,12-,13-,14-,15-,16-,18+,19+,20+,21+,22-,23-,24-,25-,26+,27+,28+,30-,31-,32-,33-,34-,35-,36-,41+,42-,43-,44-,45-,46-,47-,48-/m1/s1. The Kier molecular flexibility index (Phi) is 39.2. The van der Waals surface area contributed by atoms with Crippen LogP contribution in [-0.2, 0) is 248 Å². The molecule has 7 saturated heterocycles. The van der Waals surface area contributed by atoms with Crippen LogP contribution in [-0.4, -0.2) is 511 Å². The first-order chi connectivity index (χ1) is 63.8. The summed E-state index contributed by atoms with van der Waals surface area (Å²) in [5.41, 5.74) is 0. The molecule has 93 heteroatoms. The molecule has 0 unspecified atom stereocenters. The maximum atomic E-state index is 13.5. The molecular formula is C48H76N4O77S12. The molecule has 7 fully saturated rings. The second-order valence-corrected chi connectivity index (χ2v) is 42.2. The third-order valence-corrected chi connectivity index (χ3v) is 25.0. The lowest BCUT2D eigenvalue weighted by atomic mass is 9.94. The topological polar surface area (TPSA) is 1260 Å². The van der Waals surface area contributed by atoms with Crippen molar-refractivity contribution in [2.24, 2.45) is 0 Å². The van der Waals surface area contributed by atoms with Crippen LogP contribution < -0.4 is 18.9 Å². The molecule has 0 aliphatic carbocycles. The van der Waals surface area contributed by atoms with Gasteiger partial charge in [-0.1, -0.05) is 0 Å². The second kappa shape index (κ2) is 45.7. The van der Waals surface area contributed by atoms with Gasteiger partial charge in [0.15, 0.2) is 92.5 Å². The summed E-state index contributed by atoms with van der Waals surface area (Å²) in [5, 5.41) is 156. The molecule has 0 aromatic rings. The molecule has 38 atom stereocenters. The molecule has 822 valence electrons. The van der Waals surface area contributed by atoms with Gasteiger partial charge in [0.05, 0.1) is 26.4 Å². The number of hydrogen-bond acceptors (Lipinski definition) is 61. The van der Waals surface area contributed by atoms with Gasteiger partial charge < -0.3 is 143 Å². The van der Waals surface area contributed by atoms with E-state index in [0.29, 0.717) is 0 Å². The molecule has 0 aromatic carbocycles. The number of carbonyl (C=O) groups is 4. The summed E-state index contributed by atoms with van der Waals surface area (Å²) < 4.78 is 531. The highest BCUT2D eigenvalue weighted by Crippen LogP contribution is 2.43. The lowest BCUT2D eigenvalue weighted by Crippen LogP contribution is -2.71. The average Bonchev–Trinajstić information content (AvgIpc) is 0.767. The first kappa shape index (κ1) is 121. The first-order valence-corrected chi connectivity index (χ1v) is 52.9. The van der Waals surface area contributed by atoms with Crippen LogP contribution in [0.25, 0.3) is 0 Å². The van der Waals surface area contributed by atoms with E-state index in [2.05, 4.69) is 33.5 Å². The van der Waals surface area contributed by atoms with E-state index in [9.17, 15) is 246 Å². The largest absolute Gasteiger partial charge is 0.506 e. The van der Waals surface area contributed by atoms with Gasteiger partial charge in [0.2, 0.25) is 12.0 Å². The van der Waals surface area contributed by atoms with Crippen LogP contribution in [0, 0.1) is 0 Å². The third kappa shape index (κ3) is 34.4. The Balaban J connectivity index is 1.15. The van der Waals surface area contributed by atoms with Gasteiger partial charge in [-0.25, -0.2) is 52.6 Å². The van der Waals surface area contributed by atoms with Crippen molar-refractivity contribution in [3.05, 3.63) is 11.5 Å². The highest BCUT2D eigenvalue weighted by molar-refractivity contribution is 7.85. The summed E-state index contributed by atoms with van der Waals surface area (Å²) in [5.74, 6) is -14.2. The summed E-state index contributed by atoms with van der Waals surface area (Å²) >= 11 is 0. The Morgan fingerprint density at radius 1 is 0.262 bits per heavy atom. The smallest absolute Gasteiger partial charge is 0.397 e. The van der Waals surface area contributed by atoms with Crippen molar-refractivity contribution >= 4 is 148 Å².